The smallest absolute Gasteiger partial charge is 0.329 e. The molecule has 25 heavy (non-hydrogen) atoms. The first-order chi connectivity index (χ1) is 12.0. The van der Waals surface area contributed by atoms with Gasteiger partial charge in [-0.2, -0.15) is 5.10 Å². The Bertz CT molecular complexity index is 785. The molecule has 0 spiro atoms. The molecule has 7 heteroatoms. The van der Waals surface area contributed by atoms with Crippen molar-refractivity contribution in [2.75, 3.05) is 12.4 Å². The second kappa shape index (κ2) is 8.49. The first-order valence-corrected chi connectivity index (χ1v) is 7.63. The Morgan fingerprint density at radius 2 is 1.88 bits per heavy atom. The van der Waals surface area contributed by atoms with Crippen LogP contribution >= 0.6 is 0 Å². The molecule has 2 rings (SSSR count). The molecule has 2 aromatic rings. The molecule has 0 heterocycles. The highest BCUT2D eigenvalue weighted by Gasteiger charge is 2.12. The van der Waals surface area contributed by atoms with Crippen molar-refractivity contribution in [3.05, 3.63) is 53.6 Å². The maximum absolute atomic E-state index is 11.8. The fraction of sp³-hybridized carbons (Fsp3) is 0.167. The van der Waals surface area contributed by atoms with E-state index in [1.807, 2.05) is 19.1 Å². The minimum atomic E-state index is -0.918. The number of nitrogens with one attached hydrogen (secondary N) is 2. The van der Waals surface area contributed by atoms with Crippen LogP contribution in [0.3, 0.4) is 0 Å². The number of benzene rings is 2. The van der Waals surface area contributed by atoms with Crippen LogP contribution in [0.1, 0.15) is 18.1 Å². The van der Waals surface area contributed by atoms with Crippen molar-refractivity contribution in [1.29, 1.82) is 0 Å². The van der Waals surface area contributed by atoms with E-state index in [0.717, 1.165) is 12.0 Å². The average Bonchev–Trinajstić information content (AvgIpc) is 2.63. The molecule has 0 aliphatic carbocycles. The molecule has 0 aromatic heterocycles. The zero-order valence-electron chi connectivity index (χ0n) is 13.9. The van der Waals surface area contributed by atoms with Gasteiger partial charge in [-0.25, -0.2) is 5.43 Å². The normalized spacial score (nSPS) is 10.5. The number of carbonyl (C=O) groups is 2. The third-order valence-electron chi connectivity index (χ3n) is 3.43. The summed E-state index contributed by atoms with van der Waals surface area (Å²) in [5, 5.41) is 15.8. The number of anilines is 1. The Kier molecular flexibility index (Phi) is 6.11. The van der Waals surface area contributed by atoms with Crippen LogP contribution in [0.4, 0.5) is 5.69 Å². The average molecular weight is 341 g/mol. The molecule has 0 aliphatic heterocycles. The van der Waals surface area contributed by atoms with E-state index < -0.39 is 11.8 Å². The second-order valence-corrected chi connectivity index (χ2v) is 5.13. The molecular formula is C18H19N3O4. The van der Waals surface area contributed by atoms with Gasteiger partial charge < -0.3 is 15.2 Å². The number of rotatable bonds is 5. The van der Waals surface area contributed by atoms with Crippen molar-refractivity contribution >= 4 is 23.7 Å². The van der Waals surface area contributed by atoms with Crippen LogP contribution in [0, 0.1) is 0 Å². The summed E-state index contributed by atoms with van der Waals surface area (Å²) in [6.45, 7) is 2.03. The first-order valence-electron chi connectivity index (χ1n) is 7.63. The van der Waals surface area contributed by atoms with Gasteiger partial charge in [-0.15, -0.1) is 0 Å². The van der Waals surface area contributed by atoms with Crippen molar-refractivity contribution in [3.8, 4) is 11.5 Å². The first kappa shape index (κ1) is 18.0. The van der Waals surface area contributed by atoms with Crippen molar-refractivity contribution in [2.45, 2.75) is 13.3 Å². The fourth-order valence-electron chi connectivity index (χ4n) is 1.99. The Hall–Kier alpha value is -3.35. The van der Waals surface area contributed by atoms with Gasteiger partial charge in [0.25, 0.3) is 0 Å². The number of phenols is 1. The van der Waals surface area contributed by atoms with Gasteiger partial charge in [-0.05, 0) is 42.3 Å². The highest BCUT2D eigenvalue weighted by atomic mass is 16.5. The maximum atomic E-state index is 11.8. The van der Waals surface area contributed by atoms with Crippen LogP contribution in [0.15, 0.2) is 47.6 Å². The van der Waals surface area contributed by atoms with Gasteiger partial charge in [0, 0.05) is 11.3 Å². The molecule has 2 amide bonds. The highest BCUT2D eigenvalue weighted by Crippen LogP contribution is 2.20. The predicted octanol–water partition coefficient (Wildman–Crippen LogP) is 2.05. The molecule has 0 fully saturated rings. The summed E-state index contributed by atoms with van der Waals surface area (Å²) in [4.78, 5) is 23.6. The van der Waals surface area contributed by atoms with Gasteiger partial charge in [0.05, 0.1) is 13.3 Å². The number of phenolic OH excluding ortho intramolecular Hbond substituents is 1. The Balaban J connectivity index is 1.93. The van der Waals surface area contributed by atoms with Crippen molar-refractivity contribution in [1.82, 2.24) is 5.43 Å². The summed E-state index contributed by atoms with van der Waals surface area (Å²) in [6, 6.07) is 11.8. The predicted molar refractivity (Wildman–Crippen MR) is 94.8 cm³/mol. The zero-order valence-corrected chi connectivity index (χ0v) is 13.9. The molecule has 3 N–H and O–H groups in total. The quantitative estimate of drug-likeness (QED) is 0.440. The standard InChI is InChI=1S/C18H19N3O4/c1-3-12-4-6-14(7-5-12)20-17(23)18(24)21-19-11-13-10-15(25-2)8-9-16(13)22/h4-11,22H,3H2,1-2H3,(H,20,23)(H,21,24). The number of aromatic hydroxyl groups is 1. The van der Waals surface area contributed by atoms with E-state index >= 15 is 0 Å². The SMILES string of the molecule is CCc1ccc(NC(=O)C(=O)NN=Cc2cc(OC)ccc2O)cc1. The molecule has 0 saturated carbocycles. The van der Waals surface area contributed by atoms with Gasteiger partial charge in [-0.3, -0.25) is 9.59 Å². The van der Waals surface area contributed by atoms with Gasteiger partial charge in [0.15, 0.2) is 0 Å². The number of nitrogens with zero attached hydrogens (tertiary/aromatic N) is 1. The van der Waals surface area contributed by atoms with Crippen molar-refractivity contribution in [2.24, 2.45) is 5.10 Å². The number of aryl methyl sites for hydroxylation is 1. The van der Waals surface area contributed by atoms with Crippen LogP contribution in [0.5, 0.6) is 11.5 Å². The van der Waals surface area contributed by atoms with E-state index in [-0.39, 0.29) is 5.75 Å². The van der Waals surface area contributed by atoms with Crippen molar-refractivity contribution in [3.63, 3.8) is 0 Å². The highest BCUT2D eigenvalue weighted by molar-refractivity contribution is 6.39. The minimum absolute atomic E-state index is 0.0285. The molecule has 0 bridgehead atoms. The summed E-state index contributed by atoms with van der Waals surface area (Å²) in [7, 11) is 1.49. The second-order valence-electron chi connectivity index (χ2n) is 5.13. The molecule has 0 aliphatic rings. The number of hydrogen-bond acceptors (Lipinski definition) is 5. The summed E-state index contributed by atoms with van der Waals surface area (Å²) in [6.07, 6.45) is 2.11. The maximum Gasteiger partial charge on any atom is 0.329 e. The third kappa shape index (κ3) is 5.07. The molecule has 130 valence electrons. The van der Waals surface area contributed by atoms with Gasteiger partial charge in [0.2, 0.25) is 0 Å². The van der Waals surface area contributed by atoms with Crippen molar-refractivity contribution < 1.29 is 19.4 Å². The fourth-order valence-corrected chi connectivity index (χ4v) is 1.99. The number of ether oxygens (including phenoxy) is 1. The van der Waals surface area contributed by atoms with E-state index in [1.165, 1.54) is 19.4 Å². The summed E-state index contributed by atoms with van der Waals surface area (Å²) in [5.74, 6) is -1.26. The van der Waals surface area contributed by atoms with Crippen LogP contribution in [-0.2, 0) is 16.0 Å². The summed E-state index contributed by atoms with van der Waals surface area (Å²) < 4.78 is 5.03. The summed E-state index contributed by atoms with van der Waals surface area (Å²) in [5.41, 5.74) is 4.10. The molecule has 0 saturated heterocycles. The number of amides is 2. The Morgan fingerprint density at radius 3 is 2.52 bits per heavy atom. The number of hydrogen-bond donors (Lipinski definition) is 3. The Labute approximate surface area is 145 Å². The lowest BCUT2D eigenvalue weighted by atomic mass is 10.1. The molecule has 0 atom stereocenters. The lowest BCUT2D eigenvalue weighted by molar-refractivity contribution is -0.136. The number of hydrazone groups is 1. The van der Waals surface area contributed by atoms with Crippen LogP contribution < -0.4 is 15.5 Å². The molecule has 0 unspecified atom stereocenters. The van der Waals surface area contributed by atoms with Gasteiger partial charge >= 0.3 is 11.8 Å². The van der Waals surface area contributed by atoms with Crippen LogP contribution in [-0.4, -0.2) is 30.2 Å². The molecule has 7 nitrogen and oxygen atoms in total. The topological polar surface area (TPSA) is 100 Å². The Morgan fingerprint density at radius 1 is 1.16 bits per heavy atom. The molecular weight excluding hydrogens is 322 g/mol. The lowest BCUT2D eigenvalue weighted by Gasteiger charge is -2.05. The minimum Gasteiger partial charge on any atom is -0.507 e. The van der Waals surface area contributed by atoms with E-state index in [1.54, 1.807) is 24.3 Å². The van der Waals surface area contributed by atoms with Crippen LogP contribution in [0.2, 0.25) is 0 Å². The number of methoxy groups -OCH3 is 1. The van der Waals surface area contributed by atoms with Gasteiger partial charge in [0.1, 0.15) is 11.5 Å². The molecule has 2 aromatic carbocycles. The molecule has 0 radical (unpaired) electrons. The third-order valence-corrected chi connectivity index (χ3v) is 3.43. The zero-order chi connectivity index (χ0) is 18.2. The number of carbonyl (C=O) groups excluding carboxylic acids is 2. The van der Waals surface area contributed by atoms with E-state index in [9.17, 15) is 14.7 Å². The van der Waals surface area contributed by atoms with Gasteiger partial charge in [-0.1, -0.05) is 19.1 Å². The summed E-state index contributed by atoms with van der Waals surface area (Å²) >= 11 is 0. The van der Waals surface area contributed by atoms with E-state index in [2.05, 4.69) is 15.8 Å². The largest absolute Gasteiger partial charge is 0.507 e. The van der Waals surface area contributed by atoms with E-state index in [4.69, 9.17) is 4.74 Å². The lowest BCUT2D eigenvalue weighted by Crippen LogP contribution is -2.32. The monoisotopic (exact) mass is 341 g/mol. The van der Waals surface area contributed by atoms with E-state index in [0.29, 0.717) is 17.0 Å². The van der Waals surface area contributed by atoms with Crippen LogP contribution in [0.25, 0.3) is 0 Å².